The van der Waals surface area contributed by atoms with E-state index in [1.54, 1.807) is 0 Å². The molecule has 0 fully saturated rings. The van der Waals surface area contributed by atoms with Crippen molar-refractivity contribution in [2.24, 2.45) is 5.92 Å². The first-order valence-corrected chi connectivity index (χ1v) is 18.5. The molecular formula is C35H71NO3P+. The molecule has 0 saturated carbocycles. The monoisotopic (exact) mass is 585 g/mol. The van der Waals surface area contributed by atoms with Crippen LogP contribution in [0.15, 0.2) is 0 Å². The molecule has 0 bridgehead atoms. The van der Waals surface area contributed by atoms with Crippen molar-refractivity contribution in [2.45, 2.75) is 174 Å². The van der Waals surface area contributed by atoms with Gasteiger partial charge in [0, 0.05) is 6.42 Å². The van der Waals surface area contributed by atoms with E-state index in [4.69, 9.17) is 4.52 Å². The average molecular weight is 585 g/mol. The zero-order chi connectivity index (χ0) is 29.7. The fraction of sp³-hybridized carbons (Fsp3) is 0.943. The van der Waals surface area contributed by atoms with Crippen LogP contribution in [0, 0.1) is 5.92 Å². The maximum absolute atomic E-state index is 13.1. The lowest BCUT2D eigenvalue weighted by Crippen LogP contribution is -2.37. The molecule has 238 valence electrons. The number of quaternary nitrogens is 1. The quantitative estimate of drug-likeness (QED) is 0.0342. The Labute approximate surface area is 253 Å². The predicted molar refractivity (Wildman–Crippen MR) is 177 cm³/mol. The predicted octanol–water partition coefficient (Wildman–Crippen LogP) is 10.8. The molecule has 2 atom stereocenters. The van der Waals surface area contributed by atoms with Crippen molar-refractivity contribution in [3.8, 4) is 0 Å². The van der Waals surface area contributed by atoms with Crippen LogP contribution in [-0.2, 0) is 14.1 Å². The highest BCUT2D eigenvalue weighted by atomic mass is 31.1. The summed E-state index contributed by atoms with van der Waals surface area (Å²) in [5, 5.41) is 0. The summed E-state index contributed by atoms with van der Waals surface area (Å²) in [6.45, 7) is 5.99. The van der Waals surface area contributed by atoms with Gasteiger partial charge in [0.15, 0.2) is 5.52 Å². The fourth-order valence-corrected chi connectivity index (χ4v) is 6.06. The largest absolute Gasteiger partial charge is 0.349 e. The Morgan fingerprint density at radius 2 is 0.950 bits per heavy atom. The molecule has 0 aromatic rings. The van der Waals surface area contributed by atoms with Crippen molar-refractivity contribution < 1.29 is 18.6 Å². The molecule has 0 amide bonds. The van der Waals surface area contributed by atoms with Gasteiger partial charge < -0.3 is 9.01 Å². The lowest BCUT2D eigenvalue weighted by Gasteiger charge is -2.23. The maximum Gasteiger partial charge on any atom is 0.189 e. The highest BCUT2D eigenvalue weighted by Crippen LogP contribution is 2.27. The molecular weight excluding hydrogens is 513 g/mol. The molecule has 0 aliphatic carbocycles. The van der Waals surface area contributed by atoms with Crippen LogP contribution in [0.5, 0.6) is 0 Å². The van der Waals surface area contributed by atoms with Crippen LogP contribution in [0.25, 0.3) is 0 Å². The zero-order valence-electron chi connectivity index (χ0n) is 27.8. The van der Waals surface area contributed by atoms with Gasteiger partial charge in [0.2, 0.25) is 0 Å². The number of hydrogen-bond donors (Lipinski definition) is 0. The van der Waals surface area contributed by atoms with Gasteiger partial charge in [-0.15, -0.1) is 0 Å². The minimum absolute atomic E-state index is 0.0389. The minimum Gasteiger partial charge on any atom is -0.349 e. The summed E-state index contributed by atoms with van der Waals surface area (Å²) in [4.78, 5) is 26.1. The summed E-state index contributed by atoms with van der Waals surface area (Å²) in [6, 6.07) is 0. The van der Waals surface area contributed by atoms with Gasteiger partial charge in [0.25, 0.3) is 0 Å². The van der Waals surface area contributed by atoms with E-state index in [0.29, 0.717) is 13.0 Å². The Kier molecular flexibility index (Phi) is 28.6. The van der Waals surface area contributed by atoms with Gasteiger partial charge in [-0.3, -0.25) is 9.59 Å². The summed E-state index contributed by atoms with van der Waals surface area (Å²) < 4.78 is 6.55. The van der Waals surface area contributed by atoms with Crippen molar-refractivity contribution in [3.05, 3.63) is 0 Å². The van der Waals surface area contributed by atoms with E-state index < -0.39 is 5.92 Å². The van der Waals surface area contributed by atoms with E-state index in [9.17, 15) is 9.59 Å². The molecule has 0 aromatic heterocycles. The third kappa shape index (κ3) is 27.8. The third-order valence-electron chi connectivity index (χ3n) is 8.12. The molecule has 2 unspecified atom stereocenters. The van der Waals surface area contributed by atoms with E-state index in [1.807, 2.05) is 0 Å². The molecule has 4 nitrogen and oxygen atoms in total. The smallest absolute Gasteiger partial charge is 0.189 e. The molecule has 0 aliphatic heterocycles. The fourth-order valence-electron chi connectivity index (χ4n) is 5.28. The summed E-state index contributed by atoms with van der Waals surface area (Å²) in [6.07, 6.45) is 31.0. The summed E-state index contributed by atoms with van der Waals surface area (Å²) in [7, 11) is 6.19. The number of rotatable bonds is 32. The van der Waals surface area contributed by atoms with Crippen LogP contribution in [0.1, 0.15) is 174 Å². The average Bonchev–Trinajstić information content (AvgIpc) is 2.91. The van der Waals surface area contributed by atoms with Crippen molar-refractivity contribution >= 4 is 20.1 Å². The molecule has 0 saturated heterocycles. The van der Waals surface area contributed by atoms with Crippen molar-refractivity contribution in [1.82, 2.24) is 0 Å². The molecule has 0 aliphatic rings. The summed E-state index contributed by atoms with van der Waals surface area (Å²) in [5.74, 6) is -0.263. The van der Waals surface area contributed by atoms with E-state index in [2.05, 4.69) is 35.0 Å². The number of ketones is 1. The molecule has 5 heteroatoms. The first-order valence-electron chi connectivity index (χ1n) is 17.6. The Hall–Kier alpha value is -0.310. The number of Topliss-reactive ketones (excluding diaryl/α,β-unsaturated/α-hetero) is 1. The number of carbonyl (C=O) groups is 2. The van der Waals surface area contributed by atoms with E-state index in [-0.39, 0.29) is 20.1 Å². The van der Waals surface area contributed by atoms with Gasteiger partial charge in [-0.1, -0.05) is 155 Å². The normalized spacial score (nSPS) is 12.9. The first-order chi connectivity index (χ1) is 19.3. The Morgan fingerprint density at radius 1 is 0.575 bits per heavy atom. The van der Waals surface area contributed by atoms with Gasteiger partial charge in [0.1, 0.15) is 18.9 Å². The van der Waals surface area contributed by atoms with E-state index >= 15 is 0 Å². The highest BCUT2D eigenvalue weighted by molar-refractivity contribution is 7.53. The number of hydrogen-bond acceptors (Lipinski definition) is 3. The van der Waals surface area contributed by atoms with Gasteiger partial charge in [0.05, 0.1) is 35.9 Å². The number of likely N-dealkylation sites (N-methyl/N-ethyl adjacent to an activating group) is 1. The SMILES string of the molecule is CCCCCCCCCCCCCCCC(=O)C(CCCCCCCCCCCC)C(=O)POCC[N+](C)(C)C. The minimum atomic E-state index is -0.436. The highest BCUT2D eigenvalue weighted by Gasteiger charge is 2.26. The molecule has 40 heavy (non-hydrogen) atoms. The van der Waals surface area contributed by atoms with Gasteiger partial charge in [-0.05, 0) is 12.8 Å². The molecule has 0 heterocycles. The summed E-state index contributed by atoms with van der Waals surface area (Å²) in [5.41, 5.74) is 0.0389. The van der Waals surface area contributed by atoms with Crippen LogP contribution in [0.4, 0.5) is 0 Å². The Morgan fingerprint density at radius 3 is 1.35 bits per heavy atom. The Balaban J connectivity index is 4.19. The summed E-state index contributed by atoms with van der Waals surface area (Å²) >= 11 is 0. The lowest BCUT2D eigenvalue weighted by molar-refractivity contribution is -0.870. The maximum atomic E-state index is 13.1. The molecule has 0 spiro atoms. The second-order valence-corrected chi connectivity index (χ2v) is 14.3. The van der Waals surface area contributed by atoms with Crippen molar-refractivity contribution in [1.29, 1.82) is 0 Å². The molecule has 0 rings (SSSR count). The van der Waals surface area contributed by atoms with E-state index in [0.717, 1.165) is 43.1 Å². The number of carbonyl (C=O) groups excluding carboxylic acids is 2. The van der Waals surface area contributed by atoms with Crippen molar-refractivity contribution in [3.63, 3.8) is 0 Å². The van der Waals surface area contributed by atoms with Crippen LogP contribution in [-0.4, -0.2) is 50.1 Å². The van der Waals surface area contributed by atoms with Gasteiger partial charge in [-0.2, -0.15) is 0 Å². The topological polar surface area (TPSA) is 43.4 Å². The lowest BCUT2D eigenvalue weighted by atomic mass is 9.93. The zero-order valence-corrected chi connectivity index (χ0v) is 28.8. The van der Waals surface area contributed by atoms with E-state index in [1.165, 1.54) is 122 Å². The Bertz CT molecular complexity index is 575. The second-order valence-electron chi connectivity index (χ2n) is 13.3. The van der Waals surface area contributed by atoms with Crippen LogP contribution in [0.2, 0.25) is 0 Å². The second kappa shape index (κ2) is 28.8. The first kappa shape index (κ1) is 39.7. The van der Waals surface area contributed by atoms with Crippen LogP contribution >= 0.6 is 8.81 Å². The molecule has 0 aromatic carbocycles. The van der Waals surface area contributed by atoms with Crippen molar-refractivity contribution in [2.75, 3.05) is 34.3 Å². The number of nitrogens with zero attached hydrogens (tertiary/aromatic N) is 1. The van der Waals surface area contributed by atoms with Gasteiger partial charge in [-0.25, -0.2) is 0 Å². The van der Waals surface area contributed by atoms with Crippen LogP contribution < -0.4 is 0 Å². The van der Waals surface area contributed by atoms with Gasteiger partial charge >= 0.3 is 0 Å². The molecule has 0 radical (unpaired) electrons. The van der Waals surface area contributed by atoms with Crippen LogP contribution in [0.3, 0.4) is 0 Å². The molecule has 0 N–H and O–H groups in total. The standard InChI is InChI=1S/C35H71NO3P/c1-6-8-10-12-14-16-18-19-20-22-24-26-28-30-34(37)33(35(38)40-39-32-31-36(3,4)5)29-27-25-23-21-17-15-13-11-9-7-2/h33,40H,6-32H2,1-5H3/q+1. The number of unbranched alkanes of at least 4 members (excludes halogenated alkanes) is 21. The third-order valence-corrected chi connectivity index (χ3v) is 9.01.